The molecule has 0 aromatic carbocycles. The van der Waals surface area contributed by atoms with Crippen molar-refractivity contribution in [3.05, 3.63) is 18.1 Å². The van der Waals surface area contributed by atoms with Gasteiger partial charge in [-0.1, -0.05) is 6.92 Å². The fourth-order valence-corrected chi connectivity index (χ4v) is 2.60. The smallest absolute Gasteiger partial charge is 0.144 e. The zero-order valence-electron chi connectivity index (χ0n) is 12.5. The Morgan fingerprint density at radius 3 is 2.65 bits per heavy atom. The number of rotatable bonds is 6. The van der Waals surface area contributed by atoms with Crippen LogP contribution in [0.15, 0.2) is 12.4 Å². The highest BCUT2D eigenvalue weighted by atomic mass is 16.3. The van der Waals surface area contributed by atoms with Gasteiger partial charge in [0.05, 0.1) is 24.2 Å². The summed E-state index contributed by atoms with van der Waals surface area (Å²) in [5.41, 5.74) is 1.02. The first kappa shape index (κ1) is 15.2. The van der Waals surface area contributed by atoms with Crippen molar-refractivity contribution < 1.29 is 5.11 Å². The van der Waals surface area contributed by atoms with E-state index < -0.39 is 0 Å². The first-order valence-corrected chi connectivity index (χ1v) is 7.64. The van der Waals surface area contributed by atoms with E-state index in [4.69, 9.17) is 0 Å². The molecule has 0 amide bonds. The molecule has 1 aliphatic heterocycles. The number of anilines is 1. The van der Waals surface area contributed by atoms with Crippen LogP contribution in [0.5, 0.6) is 0 Å². The number of piperidine rings is 1. The molecule has 2 heterocycles. The van der Waals surface area contributed by atoms with Crippen LogP contribution in [0.25, 0.3) is 0 Å². The van der Waals surface area contributed by atoms with E-state index in [0.717, 1.165) is 57.0 Å². The summed E-state index contributed by atoms with van der Waals surface area (Å²) in [7, 11) is 0. The average molecular weight is 278 g/mol. The third kappa shape index (κ3) is 4.42. The van der Waals surface area contributed by atoms with Gasteiger partial charge in [-0.15, -0.1) is 0 Å². The summed E-state index contributed by atoms with van der Waals surface area (Å²) in [4.78, 5) is 11.2. The van der Waals surface area contributed by atoms with E-state index in [0.29, 0.717) is 5.92 Å². The van der Waals surface area contributed by atoms with Crippen LogP contribution in [0.2, 0.25) is 0 Å². The number of likely N-dealkylation sites (tertiary alicyclic amines) is 1. The third-order valence-electron chi connectivity index (χ3n) is 3.96. The molecule has 1 atom stereocenters. The molecule has 2 rings (SSSR count). The van der Waals surface area contributed by atoms with Crippen LogP contribution in [0.3, 0.4) is 0 Å². The summed E-state index contributed by atoms with van der Waals surface area (Å²) in [5.74, 6) is 1.31. The molecule has 0 aliphatic carbocycles. The van der Waals surface area contributed by atoms with Crippen molar-refractivity contribution in [3.63, 3.8) is 0 Å². The molecule has 1 unspecified atom stereocenters. The molecule has 1 aromatic heterocycles. The highest BCUT2D eigenvalue weighted by Crippen LogP contribution is 2.21. The third-order valence-corrected chi connectivity index (χ3v) is 3.96. The highest BCUT2D eigenvalue weighted by molar-refractivity contribution is 5.30. The maximum atomic E-state index is 9.61. The standard InChI is InChI=1S/C15H26N4O/c1-3-6-16-15-10-17-14(9-18-15)11-19-7-4-13(5-8-19)12(2)20/h9-10,12-13,20H,3-8,11H2,1-2H3,(H,16,18). The minimum atomic E-state index is -0.180. The fourth-order valence-electron chi connectivity index (χ4n) is 2.60. The molecule has 1 aromatic rings. The second-order valence-corrected chi connectivity index (χ2v) is 5.67. The second kappa shape index (κ2) is 7.55. The number of aliphatic hydroxyl groups is 1. The molecule has 0 saturated carbocycles. The van der Waals surface area contributed by atoms with Gasteiger partial charge in [0.25, 0.3) is 0 Å². The van der Waals surface area contributed by atoms with Crippen LogP contribution in [0, 0.1) is 5.92 Å². The predicted molar refractivity (Wildman–Crippen MR) is 80.5 cm³/mol. The molecule has 112 valence electrons. The molecule has 5 nitrogen and oxygen atoms in total. The number of nitrogens with one attached hydrogen (secondary N) is 1. The topological polar surface area (TPSA) is 61.3 Å². The van der Waals surface area contributed by atoms with Gasteiger partial charge >= 0.3 is 0 Å². The monoisotopic (exact) mass is 278 g/mol. The molecule has 1 fully saturated rings. The van der Waals surface area contributed by atoms with Gasteiger partial charge in [0, 0.05) is 13.1 Å². The largest absolute Gasteiger partial charge is 0.393 e. The van der Waals surface area contributed by atoms with Gasteiger partial charge in [-0.2, -0.15) is 0 Å². The Balaban J connectivity index is 1.79. The first-order valence-electron chi connectivity index (χ1n) is 7.64. The van der Waals surface area contributed by atoms with Gasteiger partial charge in [0.15, 0.2) is 0 Å². The van der Waals surface area contributed by atoms with Crippen molar-refractivity contribution in [2.24, 2.45) is 5.92 Å². The van der Waals surface area contributed by atoms with Crippen molar-refractivity contribution in [1.29, 1.82) is 0 Å². The van der Waals surface area contributed by atoms with E-state index in [1.807, 2.05) is 19.3 Å². The maximum Gasteiger partial charge on any atom is 0.144 e. The Hall–Kier alpha value is -1.20. The lowest BCUT2D eigenvalue weighted by molar-refractivity contribution is 0.0691. The lowest BCUT2D eigenvalue weighted by atomic mass is 9.92. The van der Waals surface area contributed by atoms with Crippen molar-refractivity contribution >= 4 is 5.82 Å². The fraction of sp³-hybridized carbons (Fsp3) is 0.733. The molecule has 20 heavy (non-hydrogen) atoms. The zero-order valence-corrected chi connectivity index (χ0v) is 12.5. The second-order valence-electron chi connectivity index (χ2n) is 5.67. The van der Waals surface area contributed by atoms with E-state index in [1.54, 1.807) is 0 Å². The number of nitrogens with zero attached hydrogens (tertiary/aromatic N) is 3. The molecular formula is C15H26N4O. The summed E-state index contributed by atoms with van der Waals surface area (Å²) in [6.45, 7) is 7.88. The number of hydrogen-bond acceptors (Lipinski definition) is 5. The lowest BCUT2D eigenvalue weighted by Gasteiger charge is -2.32. The Kier molecular flexibility index (Phi) is 5.73. The van der Waals surface area contributed by atoms with Crippen molar-refractivity contribution in [1.82, 2.24) is 14.9 Å². The zero-order chi connectivity index (χ0) is 14.4. The Morgan fingerprint density at radius 1 is 1.35 bits per heavy atom. The summed E-state index contributed by atoms with van der Waals surface area (Å²) in [5, 5.41) is 12.8. The minimum absolute atomic E-state index is 0.180. The predicted octanol–water partition coefficient (Wildman–Crippen LogP) is 1.89. The lowest BCUT2D eigenvalue weighted by Crippen LogP contribution is -2.36. The van der Waals surface area contributed by atoms with Crippen LogP contribution in [0.1, 0.15) is 38.8 Å². The summed E-state index contributed by atoms with van der Waals surface area (Å²) in [6, 6.07) is 0. The molecule has 2 N–H and O–H groups in total. The molecule has 1 saturated heterocycles. The molecule has 0 bridgehead atoms. The van der Waals surface area contributed by atoms with Crippen molar-refractivity contribution in [3.8, 4) is 0 Å². The normalized spacial score (nSPS) is 18.9. The summed E-state index contributed by atoms with van der Waals surface area (Å²) in [6.07, 6.45) is 6.72. The number of aromatic nitrogens is 2. The maximum absolute atomic E-state index is 9.61. The van der Waals surface area contributed by atoms with Gasteiger partial charge in [-0.3, -0.25) is 9.88 Å². The van der Waals surface area contributed by atoms with Gasteiger partial charge in [0.2, 0.25) is 0 Å². The van der Waals surface area contributed by atoms with Crippen LogP contribution in [0.4, 0.5) is 5.82 Å². The molecule has 5 heteroatoms. The van der Waals surface area contributed by atoms with E-state index in [-0.39, 0.29) is 6.10 Å². The Labute approximate surface area is 121 Å². The van der Waals surface area contributed by atoms with Crippen LogP contribution < -0.4 is 5.32 Å². The van der Waals surface area contributed by atoms with Gasteiger partial charge in [0.1, 0.15) is 5.82 Å². The van der Waals surface area contributed by atoms with Gasteiger partial charge in [-0.25, -0.2) is 4.98 Å². The van der Waals surface area contributed by atoms with E-state index in [1.165, 1.54) is 0 Å². The Morgan fingerprint density at radius 2 is 2.10 bits per heavy atom. The summed E-state index contributed by atoms with van der Waals surface area (Å²) >= 11 is 0. The SMILES string of the molecule is CCCNc1cnc(CN2CCC(C(C)O)CC2)cn1. The number of hydrogen-bond donors (Lipinski definition) is 2. The van der Waals surface area contributed by atoms with Crippen LogP contribution in [-0.4, -0.2) is 45.7 Å². The van der Waals surface area contributed by atoms with E-state index in [2.05, 4.69) is 27.1 Å². The van der Waals surface area contributed by atoms with Crippen molar-refractivity contribution in [2.45, 2.75) is 45.8 Å². The highest BCUT2D eigenvalue weighted by Gasteiger charge is 2.22. The quantitative estimate of drug-likeness (QED) is 0.832. The first-order chi connectivity index (χ1) is 9.69. The molecule has 0 radical (unpaired) electrons. The van der Waals surface area contributed by atoms with Crippen LogP contribution >= 0.6 is 0 Å². The van der Waals surface area contributed by atoms with E-state index in [9.17, 15) is 5.11 Å². The van der Waals surface area contributed by atoms with Crippen LogP contribution in [-0.2, 0) is 6.54 Å². The molecule has 1 aliphatic rings. The molecule has 0 spiro atoms. The van der Waals surface area contributed by atoms with Gasteiger partial charge in [-0.05, 0) is 45.2 Å². The van der Waals surface area contributed by atoms with Crippen molar-refractivity contribution in [2.75, 3.05) is 25.0 Å². The molecular weight excluding hydrogens is 252 g/mol. The Bertz CT molecular complexity index is 385. The minimum Gasteiger partial charge on any atom is -0.393 e. The summed E-state index contributed by atoms with van der Waals surface area (Å²) < 4.78 is 0. The van der Waals surface area contributed by atoms with Gasteiger partial charge < -0.3 is 10.4 Å². The van der Waals surface area contributed by atoms with E-state index >= 15 is 0 Å². The number of aliphatic hydroxyl groups excluding tert-OH is 1. The average Bonchev–Trinajstić information content (AvgIpc) is 2.47.